The molecule has 0 saturated heterocycles. The van der Waals surface area contributed by atoms with E-state index in [1.165, 1.54) is 36.2 Å². The maximum absolute atomic E-state index is 14.1. The van der Waals surface area contributed by atoms with Gasteiger partial charge in [-0.1, -0.05) is 37.5 Å². The first-order valence-corrected chi connectivity index (χ1v) is 9.71. The molecule has 144 valence electrons. The molecule has 0 unspecified atom stereocenters. The Kier molecular flexibility index (Phi) is 5.19. The van der Waals surface area contributed by atoms with Crippen LogP contribution in [0, 0.1) is 12.7 Å². The standard InChI is InChI=1S/C22H23FN4O/c1-16-18(15-24-27(16)20-12-6-5-11-19(20)23)22(28)26-14-8-7-13-21(26)25-17-9-3-2-4-10-17/h5-8,11-15,17H,2-4,9-10H2,1H3. The summed E-state index contributed by atoms with van der Waals surface area (Å²) in [6.45, 7) is 1.77. The smallest absolute Gasteiger partial charge is 0.267 e. The molecule has 1 aromatic carbocycles. The van der Waals surface area contributed by atoms with Crippen LogP contribution in [0.2, 0.25) is 0 Å². The summed E-state index contributed by atoms with van der Waals surface area (Å²) in [6, 6.07) is 12.2. The highest BCUT2D eigenvalue weighted by Crippen LogP contribution is 2.20. The van der Waals surface area contributed by atoms with Crippen molar-refractivity contribution in [2.24, 2.45) is 4.99 Å². The van der Waals surface area contributed by atoms with Crippen molar-refractivity contribution in [3.8, 4) is 5.69 Å². The monoisotopic (exact) mass is 378 g/mol. The molecule has 2 heterocycles. The lowest BCUT2D eigenvalue weighted by atomic mass is 9.96. The molecule has 6 heteroatoms. The Bertz CT molecular complexity index is 1060. The fourth-order valence-corrected chi connectivity index (χ4v) is 3.72. The zero-order valence-corrected chi connectivity index (χ0v) is 15.9. The van der Waals surface area contributed by atoms with Crippen LogP contribution in [-0.2, 0) is 0 Å². The quantitative estimate of drug-likeness (QED) is 0.691. The molecule has 3 aromatic rings. The molecular formula is C22H23FN4O. The second-order valence-corrected chi connectivity index (χ2v) is 7.16. The highest BCUT2D eigenvalue weighted by molar-refractivity contribution is 5.96. The van der Waals surface area contributed by atoms with Gasteiger partial charge in [0.25, 0.3) is 5.91 Å². The number of rotatable bonds is 3. The Labute approximate surface area is 163 Å². The minimum Gasteiger partial charge on any atom is -0.268 e. The van der Waals surface area contributed by atoms with Crippen molar-refractivity contribution in [1.29, 1.82) is 0 Å². The molecule has 1 fully saturated rings. The second-order valence-electron chi connectivity index (χ2n) is 7.16. The van der Waals surface area contributed by atoms with E-state index in [1.54, 1.807) is 35.9 Å². The van der Waals surface area contributed by atoms with Crippen molar-refractivity contribution in [1.82, 2.24) is 14.3 Å². The van der Waals surface area contributed by atoms with Crippen LogP contribution in [-0.4, -0.2) is 26.3 Å². The van der Waals surface area contributed by atoms with Crippen molar-refractivity contribution in [2.45, 2.75) is 45.1 Å². The van der Waals surface area contributed by atoms with Crippen LogP contribution in [0.5, 0.6) is 0 Å². The zero-order valence-electron chi connectivity index (χ0n) is 15.9. The van der Waals surface area contributed by atoms with Gasteiger partial charge >= 0.3 is 0 Å². The molecule has 1 aliphatic rings. The molecule has 5 nitrogen and oxygen atoms in total. The Morgan fingerprint density at radius 3 is 2.64 bits per heavy atom. The van der Waals surface area contributed by atoms with Gasteiger partial charge in [-0.15, -0.1) is 0 Å². The van der Waals surface area contributed by atoms with Gasteiger partial charge < -0.3 is 0 Å². The summed E-state index contributed by atoms with van der Waals surface area (Å²) in [6.07, 6.45) is 8.97. The first kappa shape index (κ1) is 18.3. The van der Waals surface area contributed by atoms with Gasteiger partial charge in [-0.2, -0.15) is 5.10 Å². The van der Waals surface area contributed by atoms with Crippen molar-refractivity contribution in [2.75, 3.05) is 0 Å². The maximum Gasteiger partial charge on any atom is 0.267 e. The molecular weight excluding hydrogens is 355 g/mol. The van der Waals surface area contributed by atoms with Crippen LogP contribution in [0.4, 0.5) is 4.39 Å². The summed E-state index contributed by atoms with van der Waals surface area (Å²) in [5.41, 5.74) is 2.00. The van der Waals surface area contributed by atoms with Crippen molar-refractivity contribution in [3.63, 3.8) is 0 Å². The van der Waals surface area contributed by atoms with Crippen molar-refractivity contribution < 1.29 is 9.18 Å². The van der Waals surface area contributed by atoms with E-state index in [9.17, 15) is 9.18 Å². The second kappa shape index (κ2) is 7.92. The molecule has 28 heavy (non-hydrogen) atoms. The Morgan fingerprint density at radius 2 is 1.86 bits per heavy atom. The molecule has 0 radical (unpaired) electrons. The summed E-state index contributed by atoms with van der Waals surface area (Å²) in [7, 11) is 0. The third kappa shape index (κ3) is 3.54. The number of aromatic nitrogens is 3. The summed E-state index contributed by atoms with van der Waals surface area (Å²) in [4.78, 5) is 18.0. The molecule has 0 spiro atoms. The van der Waals surface area contributed by atoms with Gasteiger partial charge in [0.2, 0.25) is 0 Å². The number of para-hydroxylation sites is 1. The maximum atomic E-state index is 14.1. The molecule has 1 aliphatic carbocycles. The topological polar surface area (TPSA) is 52.2 Å². The van der Waals surface area contributed by atoms with Gasteiger partial charge in [0, 0.05) is 6.20 Å². The fraction of sp³-hybridized carbons (Fsp3) is 0.318. The van der Waals surface area contributed by atoms with Crippen molar-refractivity contribution >= 4 is 5.91 Å². The SMILES string of the molecule is Cc1c(C(=O)n2ccccc2=NC2CCCCC2)cnn1-c1ccccc1F. The number of halogens is 1. The predicted molar refractivity (Wildman–Crippen MR) is 105 cm³/mol. The molecule has 0 N–H and O–H groups in total. The van der Waals surface area contributed by atoms with Crippen LogP contribution in [0.1, 0.15) is 48.2 Å². The zero-order chi connectivity index (χ0) is 19.5. The molecule has 1 saturated carbocycles. The van der Waals surface area contributed by atoms with E-state index in [0.29, 0.717) is 22.4 Å². The molecule has 4 rings (SSSR count). The Balaban J connectivity index is 1.72. The lowest BCUT2D eigenvalue weighted by molar-refractivity contribution is 0.0953. The number of carbonyl (C=O) groups excluding carboxylic acids is 1. The number of nitrogens with zero attached hydrogens (tertiary/aromatic N) is 4. The van der Waals surface area contributed by atoms with Crippen molar-refractivity contribution in [3.05, 3.63) is 77.4 Å². The predicted octanol–water partition coefficient (Wildman–Crippen LogP) is 4.04. The van der Waals surface area contributed by atoms with Gasteiger partial charge in [0.05, 0.1) is 23.5 Å². The number of hydrogen-bond donors (Lipinski definition) is 0. The number of benzene rings is 1. The van der Waals surface area contributed by atoms with Gasteiger partial charge in [-0.05, 0) is 44.0 Å². The summed E-state index contributed by atoms with van der Waals surface area (Å²) in [5, 5.41) is 4.25. The van der Waals surface area contributed by atoms with Crippen LogP contribution >= 0.6 is 0 Å². The largest absolute Gasteiger partial charge is 0.268 e. The van der Waals surface area contributed by atoms with E-state index in [1.807, 2.05) is 18.2 Å². The van der Waals surface area contributed by atoms with E-state index in [4.69, 9.17) is 4.99 Å². The summed E-state index contributed by atoms with van der Waals surface area (Å²) >= 11 is 0. The molecule has 0 amide bonds. The van der Waals surface area contributed by atoms with Gasteiger partial charge in [-0.3, -0.25) is 14.4 Å². The molecule has 0 bridgehead atoms. The minimum absolute atomic E-state index is 0.213. The normalized spacial score (nSPS) is 15.7. The highest BCUT2D eigenvalue weighted by Gasteiger charge is 2.19. The fourth-order valence-electron chi connectivity index (χ4n) is 3.72. The first-order valence-electron chi connectivity index (χ1n) is 9.71. The van der Waals surface area contributed by atoms with E-state index < -0.39 is 0 Å². The number of carbonyl (C=O) groups is 1. The van der Waals surface area contributed by atoms with Crippen LogP contribution in [0.15, 0.2) is 59.9 Å². The average molecular weight is 378 g/mol. The third-order valence-electron chi connectivity index (χ3n) is 5.27. The summed E-state index contributed by atoms with van der Waals surface area (Å²) in [5.74, 6) is -0.594. The Hall–Kier alpha value is -3.02. The first-order chi connectivity index (χ1) is 13.6. The average Bonchev–Trinajstić information content (AvgIpc) is 3.10. The van der Waals surface area contributed by atoms with Gasteiger partial charge in [-0.25, -0.2) is 9.07 Å². The highest BCUT2D eigenvalue weighted by atomic mass is 19.1. The van der Waals surface area contributed by atoms with E-state index in [2.05, 4.69) is 5.10 Å². The third-order valence-corrected chi connectivity index (χ3v) is 5.27. The van der Waals surface area contributed by atoms with Crippen LogP contribution < -0.4 is 5.49 Å². The lowest BCUT2D eigenvalue weighted by Gasteiger charge is -2.17. The van der Waals surface area contributed by atoms with E-state index >= 15 is 0 Å². The van der Waals surface area contributed by atoms with Crippen LogP contribution in [0.25, 0.3) is 5.69 Å². The minimum atomic E-state index is -0.381. The Morgan fingerprint density at radius 1 is 1.11 bits per heavy atom. The van der Waals surface area contributed by atoms with Gasteiger partial charge in [0.15, 0.2) is 0 Å². The number of hydrogen-bond acceptors (Lipinski definition) is 3. The van der Waals surface area contributed by atoms with Gasteiger partial charge in [0.1, 0.15) is 17.0 Å². The molecule has 0 atom stereocenters. The molecule has 0 aliphatic heterocycles. The lowest BCUT2D eigenvalue weighted by Crippen LogP contribution is -2.29. The summed E-state index contributed by atoms with van der Waals surface area (Å²) < 4.78 is 17.2. The van der Waals surface area contributed by atoms with Crippen LogP contribution in [0.3, 0.4) is 0 Å². The number of pyridine rings is 1. The molecule has 2 aromatic heterocycles. The van der Waals surface area contributed by atoms with E-state index in [0.717, 1.165) is 12.8 Å². The van der Waals surface area contributed by atoms with E-state index in [-0.39, 0.29) is 17.8 Å².